The topological polar surface area (TPSA) is 32.6 Å². The number of hydrogen-bond acceptors (Lipinski definition) is 2. The van der Waals surface area contributed by atoms with Gasteiger partial charge in [0.1, 0.15) is 0 Å². The molecule has 1 unspecified atom stereocenters. The van der Waals surface area contributed by atoms with Gasteiger partial charge in [-0.15, -0.1) is 5.16 Å². The Bertz CT molecular complexity index is 156. The molecule has 1 saturated carbocycles. The van der Waals surface area contributed by atoms with Gasteiger partial charge >= 0.3 is 0 Å². The zero-order valence-electron chi connectivity index (χ0n) is 7.38. The second-order valence-electron chi connectivity index (χ2n) is 3.90. The van der Waals surface area contributed by atoms with E-state index in [1.54, 1.807) is 6.21 Å². The monoisotopic (exact) mass is 155 g/mol. The van der Waals surface area contributed by atoms with E-state index < -0.39 is 0 Å². The summed E-state index contributed by atoms with van der Waals surface area (Å²) in [6.07, 6.45) is 6.74. The molecule has 0 spiro atoms. The van der Waals surface area contributed by atoms with Crippen LogP contribution in [0.2, 0.25) is 0 Å². The first-order valence-electron chi connectivity index (χ1n) is 4.37. The lowest BCUT2D eigenvalue weighted by Gasteiger charge is -2.35. The van der Waals surface area contributed by atoms with Gasteiger partial charge in [0.15, 0.2) is 0 Å². The fraction of sp³-hybridized carbons (Fsp3) is 0.889. The third-order valence-corrected chi connectivity index (χ3v) is 3.08. The Balaban J connectivity index is 2.64. The van der Waals surface area contributed by atoms with Gasteiger partial charge in [-0.25, -0.2) is 0 Å². The van der Waals surface area contributed by atoms with Crippen LogP contribution in [0.1, 0.15) is 39.5 Å². The molecule has 1 rings (SSSR count). The van der Waals surface area contributed by atoms with Crippen molar-refractivity contribution < 1.29 is 5.21 Å². The average molecular weight is 155 g/mol. The second kappa shape index (κ2) is 3.24. The molecule has 0 aromatic heterocycles. The maximum Gasteiger partial charge on any atom is 0.0497 e. The first-order valence-corrected chi connectivity index (χ1v) is 4.37. The lowest BCUT2D eigenvalue weighted by molar-refractivity contribution is 0.209. The SMILES string of the molecule is C[C@@H]1CCCCC1(C)C=NO. The fourth-order valence-corrected chi connectivity index (χ4v) is 1.86. The molecule has 1 fully saturated rings. The normalized spacial score (nSPS) is 39.6. The van der Waals surface area contributed by atoms with Gasteiger partial charge in [0, 0.05) is 11.6 Å². The predicted octanol–water partition coefficient (Wildman–Crippen LogP) is 2.66. The first-order chi connectivity index (χ1) is 5.19. The van der Waals surface area contributed by atoms with Gasteiger partial charge in [-0.1, -0.05) is 26.7 Å². The Kier molecular flexibility index (Phi) is 2.53. The zero-order valence-corrected chi connectivity index (χ0v) is 7.38. The fourth-order valence-electron chi connectivity index (χ4n) is 1.86. The van der Waals surface area contributed by atoms with Crippen molar-refractivity contribution in [1.82, 2.24) is 0 Å². The van der Waals surface area contributed by atoms with Gasteiger partial charge < -0.3 is 5.21 Å². The molecule has 0 saturated heterocycles. The highest BCUT2D eigenvalue weighted by molar-refractivity contribution is 5.65. The Morgan fingerprint density at radius 1 is 1.55 bits per heavy atom. The lowest BCUT2D eigenvalue weighted by atomic mass is 9.69. The summed E-state index contributed by atoms with van der Waals surface area (Å²) in [5, 5.41) is 11.6. The summed E-state index contributed by atoms with van der Waals surface area (Å²) in [6.45, 7) is 4.41. The van der Waals surface area contributed by atoms with E-state index >= 15 is 0 Å². The molecule has 0 aliphatic heterocycles. The molecule has 0 radical (unpaired) electrons. The minimum atomic E-state index is 0.146. The Morgan fingerprint density at radius 3 is 2.82 bits per heavy atom. The highest BCUT2D eigenvalue weighted by Crippen LogP contribution is 2.38. The van der Waals surface area contributed by atoms with E-state index in [2.05, 4.69) is 19.0 Å². The molecule has 1 aliphatic carbocycles. The highest BCUT2D eigenvalue weighted by atomic mass is 16.4. The molecule has 1 aliphatic rings. The summed E-state index contributed by atoms with van der Waals surface area (Å²) < 4.78 is 0. The van der Waals surface area contributed by atoms with Crippen molar-refractivity contribution in [2.45, 2.75) is 39.5 Å². The summed E-state index contributed by atoms with van der Waals surface area (Å²) in [5.74, 6) is 0.659. The van der Waals surface area contributed by atoms with Crippen LogP contribution in [0.15, 0.2) is 5.16 Å². The molecule has 0 heterocycles. The van der Waals surface area contributed by atoms with Crippen LogP contribution in [0.5, 0.6) is 0 Å². The highest BCUT2D eigenvalue weighted by Gasteiger charge is 2.31. The van der Waals surface area contributed by atoms with Gasteiger partial charge in [0.2, 0.25) is 0 Å². The largest absolute Gasteiger partial charge is 0.411 e. The van der Waals surface area contributed by atoms with Crippen molar-refractivity contribution in [1.29, 1.82) is 0 Å². The standard InChI is InChI=1S/C9H17NO/c1-8-5-3-4-6-9(8,2)7-10-11/h7-8,11H,3-6H2,1-2H3/t8-,9?/m1/s1. The van der Waals surface area contributed by atoms with Crippen LogP contribution in [0, 0.1) is 11.3 Å². The van der Waals surface area contributed by atoms with Crippen molar-refractivity contribution in [2.75, 3.05) is 0 Å². The van der Waals surface area contributed by atoms with Gasteiger partial charge in [-0.3, -0.25) is 0 Å². The molecule has 0 aromatic rings. The van der Waals surface area contributed by atoms with Gasteiger partial charge in [0.25, 0.3) is 0 Å². The van der Waals surface area contributed by atoms with Crippen LogP contribution in [0.3, 0.4) is 0 Å². The van der Waals surface area contributed by atoms with Crippen molar-refractivity contribution >= 4 is 6.21 Å². The van der Waals surface area contributed by atoms with E-state index in [1.807, 2.05) is 0 Å². The van der Waals surface area contributed by atoms with Crippen LogP contribution in [-0.4, -0.2) is 11.4 Å². The summed E-state index contributed by atoms with van der Waals surface area (Å²) >= 11 is 0. The Labute approximate surface area is 68.3 Å². The van der Waals surface area contributed by atoms with Gasteiger partial charge in [-0.2, -0.15) is 0 Å². The zero-order chi connectivity index (χ0) is 8.32. The molecule has 2 atom stereocenters. The predicted molar refractivity (Wildman–Crippen MR) is 46.0 cm³/mol. The lowest BCUT2D eigenvalue weighted by Crippen LogP contribution is -2.30. The van der Waals surface area contributed by atoms with Crippen LogP contribution in [0.25, 0.3) is 0 Å². The van der Waals surface area contributed by atoms with Crippen molar-refractivity contribution in [3.8, 4) is 0 Å². The average Bonchev–Trinajstić information content (AvgIpc) is 1.96. The van der Waals surface area contributed by atoms with Crippen molar-refractivity contribution in [2.24, 2.45) is 16.5 Å². The summed E-state index contributed by atoms with van der Waals surface area (Å²) in [4.78, 5) is 0. The Morgan fingerprint density at radius 2 is 2.27 bits per heavy atom. The quantitative estimate of drug-likeness (QED) is 0.352. The number of hydrogen-bond donors (Lipinski definition) is 1. The molecule has 1 N–H and O–H groups in total. The summed E-state index contributed by atoms with van der Waals surface area (Å²) in [5.41, 5.74) is 0.146. The van der Waals surface area contributed by atoms with Crippen LogP contribution in [-0.2, 0) is 0 Å². The molecular weight excluding hydrogens is 138 g/mol. The molecular formula is C9H17NO. The molecule has 0 bridgehead atoms. The molecule has 2 heteroatoms. The second-order valence-corrected chi connectivity index (χ2v) is 3.90. The molecule has 64 valence electrons. The van der Waals surface area contributed by atoms with Crippen LogP contribution < -0.4 is 0 Å². The van der Waals surface area contributed by atoms with Gasteiger partial charge in [0.05, 0.1) is 0 Å². The van der Waals surface area contributed by atoms with E-state index in [4.69, 9.17) is 5.21 Å². The van der Waals surface area contributed by atoms with E-state index in [0.29, 0.717) is 5.92 Å². The van der Waals surface area contributed by atoms with Gasteiger partial charge in [-0.05, 0) is 18.8 Å². The Hall–Kier alpha value is -0.530. The summed E-state index contributed by atoms with van der Waals surface area (Å²) in [7, 11) is 0. The molecule has 0 aromatic carbocycles. The minimum Gasteiger partial charge on any atom is -0.411 e. The van der Waals surface area contributed by atoms with Crippen LogP contribution in [0.4, 0.5) is 0 Å². The number of rotatable bonds is 1. The van der Waals surface area contributed by atoms with Crippen molar-refractivity contribution in [3.63, 3.8) is 0 Å². The van der Waals surface area contributed by atoms with Crippen LogP contribution >= 0.6 is 0 Å². The summed E-state index contributed by atoms with van der Waals surface area (Å²) in [6, 6.07) is 0. The third kappa shape index (κ3) is 1.73. The van der Waals surface area contributed by atoms with E-state index in [-0.39, 0.29) is 5.41 Å². The maximum absolute atomic E-state index is 8.47. The maximum atomic E-state index is 8.47. The number of nitrogens with zero attached hydrogens (tertiary/aromatic N) is 1. The minimum absolute atomic E-state index is 0.146. The molecule has 2 nitrogen and oxygen atoms in total. The molecule has 11 heavy (non-hydrogen) atoms. The third-order valence-electron chi connectivity index (χ3n) is 3.08. The van der Waals surface area contributed by atoms with E-state index in [9.17, 15) is 0 Å². The van der Waals surface area contributed by atoms with E-state index in [0.717, 1.165) is 6.42 Å². The first kappa shape index (κ1) is 8.57. The van der Waals surface area contributed by atoms with Crippen molar-refractivity contribution in [3.05, 3.63) is 0 Å². The number of oxime groups is 1. The van der Waals surface area contributed by atoms with E-state index in [1.165, 1.54) is 19.3 Å². The smallest absolute Gasteiger partial charge is 0.0497 e. The molecule has 0 amide bonds.